The van der Waals surface area contributed by atoms with E-state index in [9.17, 15) is 0 Å². The molecule has 0 saturated heterocycles. The van der Waals surface area contributed by atoms with E-state index in [1.54, 1.807) is 6.07 Å². The average molecular weight is 301 g/mol. The Morgan fingerprint density at radius 3 is 2.83 bits per heavy atom. The number of nitriles is 1. The lowest BCUT2D eigenvalue weighted by molar-refractivity contribution is 1.10. The largest absolute Gasteiger partial charge is 0.337 e. The lowest BCUT2D eigenvalue weighted by Crippen LogP contribution is -1.85. The van der Waals surface area contributed by atoms with Crippen LogP contribution in [0.5, 0.6) is 0 Å². The van der Waals surface area contributed by atoms with Gasteiger partial charge in [0.15, 0.2) is 5.82 Å². The van der Waals surface area contributed by atoms with E-state index in [0.717, 1.165) is 34.1 Å². The predicted molar refractivity (Wildman–Crippen MR) is 90.0 cm³/mol. The first-order valence-electron chi connectivity index (χ1n) is 7.57. The van der Waals surface area contributed by atoms with Crippen molar-refractivity contribution in [3.8, 4) is 17.6 Å². The van der Waals surface area contributed by atoms with Gasteiger partial charge in [-0.05, 0) is 54.8 Å². The molecule has 5 nitrogen and oxygen atoms in total. The van der Waals surface area contributed by atoms with Crippen molar-refractivity contribution in [3.05, 3.63) is 47.0 Å². The minimum atomic E-state index is 0.611. The molecule has 0 amide bonds. The normalized spacial score (nSPS) is 11.2. The van der Waals surface area contributed by atoms with Crippen LogP contribution in [0.1, 0.15) is 23.6 Å². The number of hydrogen-bond acceptors (Lipinski definition) is 3. The Kier molecular flexibility index (Phi) is 2.91. The summed E-state index contributed by atoms with van der Waals surface area (Å²) in [7, 11) is 0. The fourth-order valence-corrected chi connectivity index (χ4v) is 2.97. The Bertz CT molecular complexity index is 1080. The molecule has 23 heavy (non-hydrogen) atoms. The summed E-state index contributed by atoms with van der Waals surface area (Å²) in [6.07, 6.45) is 0.987. The molecule has 4 rings (SSSR count). The SMILES string of the molecule is CCc1cc2nc(-c3n[nH]c4ccc(C#N)cc34)[nH]c2cc1C. The standard InChI is InChI=1S/C18H15N5/c1-3-12-8-16-15(6-10(12)2)20-18(21-16)17-13-7-11(9-19)4-5-14(13)22-23-17/h4-8H,3H2,1-2H3,(H,20,21)(H,22,23). The van der Waals surface area contributed by atoms with Crippen molar-refractivity contribution in [2.75, 3.05) is 0 Å². The Morgan fingerprint density at radius 1 is 1.17 bits per heavy atom. The number of imidazole rings is 1. The molecular weight excluding hydrogens is 286 g/mol. The van der Waals surface area contributed by atoms with Crippen molar-refractivity contribution in [1.29, 1.82) is 5.26 Å². The zero-order valence-corrected chi connectivity index (χ0v) is 12.9. The zero-order chi connectivity index (χ0) is 16.0. The molecule has 4 aromatic rings. The van der Waals surface area contributed by atoms with Crippen LogP contribution >= 0.6 is 0 Å². The first kappa shape index (κ1) is 13.5. The van der Waals surface area contributed by atoms with Crippen LogP contribution in [0.4, 0.5) is 0 Å². The van der Waals surface area contributed by atoms with Gasteiger partial charge in [0.05, 0.1) is 28.2 Å². The molecule has 0 aliphatic heterocycles. The molecule has 5 heteroatoms. The number of aromatic amines is 2. The van der Waals surface area contributed by atoms with Gasteiger partial charge in [0.2, 0.25) is 0 Å². The van der Waals surface area contributed by atoms with E-state index < -0.39 is 0 Å². The van der Waals surface area contributed by atoms with E-state index in [1.807, 2.05) is 12.1 Å². The van der Waals surface area contributed by atoms with Crippen molar-refractivity contribution >= 4 is 21.9 Å². The molecule has 0 spiro atoms. The number of nitrogens with zero attached hydrogens (tertiary/aromatic N) is 3. The molecule has 0 bridgehead atoms. The number of benzene rings is 2. The Labute approximate surface area is 133 Å². The number of H-pyrrole nitrogens is 2. The highest BCUT2D eigenvalue weighted by molar-refractivity contribution is 5.93. The number of fused-ring (bicyclic) bond motifs is 2. The van der Waals surface area contributed by atoms with Gasteiger partial charge in [0, 0.05) is 5.39 Å². The van der Waals surface area contributed by atoms with Crippen LogP contribution in [0.25, 0.3) is 33.5 Å². The Balaban J connectivity index is 1.94. The van der Waals surface area contributed by atoms with E-state index in [-0.39, 0.29) is 0 Å². The quantitative estimate of drug-likeness (QED) is 0.590. The van der Waals surface area contributed by atoms with Crippen LogP contribution in [0.15, 0.2) is 30.3 Å². The monoisotopic (exact) mass is 301 g/mol. The summed E-state index contributed by atoms with van der Waals surface area (Å²) in [4.78, 5) is 8.03. The second-order valence-corrected chi connectivity index (χ2v) is 5.68. The molecule has 0 aliphatic rings. The number of aromatic nitrogens is 4. The highest BCUT2D eigenvalue weighted by atomic mass is 15.1. The number of aryl methyl sites for hydroxylation is 2. The van der Waals surface area contributed by atoms with E-state index in [2.05, 4.69) is 52.2 Å². The maximum atomic E-state index is 9.09. The highest BCUT2D eigenvalue weighted by Gasteiger charge is 2.14. The number of rotatable bonds is 2. The molecule has 0 fully saturated rings. The molecule has 2 aromatic carbocycles. The summed E-state index contributed by atoms with van der Waals surface area (Å²) >= 11 is 0. The predicted octanol–water partition coefficient (Wildman–Crippen LogP) is 3.85. The van der Waals surface area contributed by atoms with Crippen molar-refractivity contribution < 1.29 is 0 Å². The van der Waals surface area contributed by atoms with Crippen molar-refractivity contribution in [1.82, 2.24) is 20.2 Å². The topological polar surface area (TPSA) is 81.2 Å². The van der Waals surface area contributed by atoms with Crippen LogP contribution in [0, 0.1) is 18.3 Å². The summed E-state index contributed by atoms with van der Waals surface area (Å²) in [6, 6.07) is 11.9. The molecule has 0 aliphatic carbocycles. The third-order valence-electron chi connectivity index (χ3n) is 4.24. The molecule has 0 saturated carbocycles. The van der Waals surface area contributed by atoms with Gasteiger partial charge in [-0.1, -0.05) is 6.92 Å². The molecule has 112 valence electrons. The Hall–Kier alpha value is -3.13. The van der Waals surface area contributed by atoms with Gasteiger partial charge in [-0.3, -0.25) is 5.10 Å². The molecule has 2 N–H and O–H groups in total. The van der Waals surface area contributed by atoms with Crippen LogP contribution in [-0.2, 0) is 6.42 Å². The summed E-state index contributed by atoms with van der Waals surface area (Å²) in [5.74, 6) is 0.717. The van der Waals surface area contributed by atoms with Crippen LogP contribution < -0.4 is 0 Å². The summed E-state index contributed by atoms with van der Waals surface area (Å²) in [5.41, 5.74) is 6.75. The summed E-state index contributed by atoms with van der Waals surface area (Å²) in [6.45, 7) is 4.26. The average Bonchev–Trinajstić information content (AvgIpc) is 3.16. The van der Waals surface area contributed by atoms with E-state index in [1.165, 1.54) is 11.1 Å². The third-order valence-corrected chi connectivity index (χ3v) is 4.24. The second kappa shape index (κ2) is 4.96. The highest BCUT2D eigenvalue weighted by Crippen LogP contribution is 2.28. The van der Waals surface area contributed by atoms with Crippen molar-refractivity contribution in [3.63, 3.8) is 0 Å². The van der Waals surface area contributed by atoms with Crippen LogP contribution in [0.3, 0.4) is 0 Å². The lowest BCUT2D eigenvalue weighted by atomic mass is 10.1. The van der Waals surface area contributed by atoms with Gasteiger partial charge in [-0.25, -0.2) is 4.98 Å². The smallest absolute Gasteiger partial charge is 0.159 e. The lowest BCUT2D eigenvalue weighted by Gasteiger charge is -2.01. The molecule has 0 radical (unpaired) electrons. The molecular formula is C18H15N5. The first-order valence-corrected chi connectivity index (χ1v) is 7.57. The fraction of sp³-hybridized carbons (Fsp3) is 0.167. The van der Waals surface area contributed by atoms with E-state index in [4.69, 9.17) is 5.26 Å². The fourth-order valence-electron chi connectivity index (χ4n) is 2.97. The van der Waals surface area contributed by atoms with Crippen molar-refractivity contribution in [2.45, 2.75) is 20.3 Å². The van der Waals surface area contributed by atoms with Gasteiger partial charge in [0.25, 0.3) is 0 Å². The zero-order valence-electron chi connectivity index (χ0n) is 12.9. The molecule has 0 unspecified atom stereocenters. The van der Waals surface area contributed by atoms with E-state index in [0.29, 0.717) is 11.4 Å². The maximum absolute atomic E-state index is 9.09. The van der Waals surface area contributed by atoms with Crippen LogP contribution in [0.2, 0.25) is 0 Å². The van der Waals surface area contributed by atoms with E-state index >= 15 is 0 Å². The number of hydrogen-bond donors (Lipinski definition) is 2. The van der Waals surface area contributed by atoms with Gasteiger partial charge in [-0.2, -0.15) is 10.4 Å². The maximum Gasteiger partial charge on any atom is 0.159 e. The first-order chi connectivity index (χ1) is 11.2. The Morgan fingerprint density at radius 2 is 2.04 bits per heavy atom. The minimum Gasteiger partial charge on any atom is -0.337 e. The summed E-state index contributed by atoms with van der Waals surface area (Å²) < 4.78 is 0. The summed E-state index contributed by atoms with van der Waals surface area (Å²) in [5, 5.41) is 17.4. The second-order valence-electron chi connectivity index (χ2n) is 5.68. The molecule has 2 heterocycles. The molecule has 2 aromatic heterocycles. The van der Waals surface area contributed by atoms with Gasteiger partial charge >= 0.3 is 0 Å². The number of nitrogens with one attached hydrogen (secondary N) is 2. The molecule has 0 atom stereocenters. The van der Waals surface area contributed by atoms with Crippen LogP contribution in [-0.4, -0.2) is 20.2 Å². The van der Waals surface area contributed by atoms with Gasteiger partial charge < -0.3 is 4.98 Å². The third kappa shape index (κ3) is 2.08. The minimum absolute atomic E-state index is 0.611. The van der Waals surface area contributed by atoms with Crippen molar-refractivity contribution in [2.24, 2.45) is 0 Å². The van der Waals surface area contributed by atoms with Gasteiger partial charge in [0.1, 0.15) is 5.69 Å². The van der Waals surface area contributed by atoms with Gasteiger partial charge in [-0.15, -0.1) is 0 Å².